The van der Waals surface area contributed by atoms with Crippen molar-refractivity contribution in [3.63, 3.8) is 0 Å². The third-order valence-electron chi connectivity index (χ3n) is 2.97. The third-order valence-corrected chi connectivity index (χ3v) is 3.95. The molecule has 2 aromatic rings. The zero-order valence-electron chi connectivity index (χ0n) is 11.7. The molecular formula is C16H18FNOS. The molecule has 0 heterocycles. The maximum absolute atomic E-state index is 13.6. The standard InChI is InChI=1S/C16H18FNOS/c1-3-20-16-6-4-5-15(13(16)10-18)19-12-8-7-11(2)14(17)9-12/h4-9H,3,10,18H2,1-2H3. The Morgan fingerprint density at radius 3 is 2.70 bits per heavy atom. The van der Waals surface area contributed by atoms with Gasteiger partial charge in [-0.1, -0.05) is 19.1 Å². The second-order valence-electron chi connectivity index (χ2n) is 4.38. The Labute approximate surface area is 123 Å². The van der Waals surface area contributed by atoms with E-state index in [-0.39, 0.29) is 5.82 Å². The first kappa shape index (κ1) is 14.9. The number of hydrogen-bond donors (Lipinski definition) is 1. The molecule has 0 spiro atoms. The van der Waals surface area contributed by atoms with Crippen LogP contribution in [0.1, 0.15) is 18.1 Å². The molecule has 0 radical (unpaired) electrons. The van der Waals surface area contributed by atoms with Gasteiger partial charge in [-0.05, 0) is 36.4 Å². The molecule has 0 amide bonds. The lowest BCUT2D eigenvalue weighted by Crippen LogP contribution is -2.02. The van der Waals surface area contributed by atoms with Gasteiger partial charge in [0, 0.05) is 23.1 Å². The van der Waals surface area contributed by atoms with Crippen molar-refractivity contribution in [3.05, 3.63) is 53.3 Å². The SMILES string of the molecule is CCSc1cccc(Oc2ccc(C)c(F)c2)c1CN. The molecule has 0 aliphatic heterocycles. The number of hydrogen-bond acceptors (Lipinski definition) is 3. The molecule has 0 fully saturated rings. The first-order chi connectivity index (χ1) is 9.65. The second-order valence-corrected chi connectivity index (χ2v) is 5.69. The summed E-state index contributed by atoms with van der Waals surface area (Å²) in [5, 5.41) is 0. The molecule has 2 rings (SSSR count). The fourth-order valence-electron chi connectivity index (χ4n) is 1.90. The number of ether oxygens (including phenoxy) is 1. The molecule has 2 N–H and O–H groups in total. The van der Waals surface area contributed by atoms with Gasteiger partial charge in [0.25, 0.3) is 0 Å². The zero-order chi connectivity index (χ0) is 14.5. The van der Waals surface area contributed by atoms with Crippen LogP contribution in [0.15, 0.2) is 41.3 Å². The van der Waals surface area contributed by atoms with Crippen molar-refractivity contribution in [3.8, 4) is 11.5 Å². The molecule has 0 saturated carbocycles. The van der Waals surface area contributed by atoms with Crippen molar-refractivity contribution < 1.29 is 9.13 Å². The fourth-order valence-corrected chi connectivity index (χ4v) is 2.74. The number of benzene rings is 2. The lowest BCUT2D eigenvalue weighted by Gasteiger charge is -2.14. The summed E-state index contributed by atoms with van der Waals surface area (Å²) in [6.07, 6.45) is 0. The minimum atomic E-state index is -0.268. The molecule has 0 unspecified atom stereocenters. The van der Waals surface area contributed by atoms with Crippen LogP contribution in [0, 0.1) is 12.7 Å². The van der Waals surface area contributed by atoms with E-state index < -0.39 is 0 Å². The first-order valence-electron chi connectivity index (χ1n) is 6.54. The highest BCUT2D eigenvalue weighted by Gasteiger charge is 2.10. The predicted molar refractivity (Wildman–Crippen MR) is 81.9 cm³/mol. The van der Waals surface area contributed by atoms with Gasteiger partial charge in [0.1, 0.15) is 17.3 Å². The summed E-state index contributed by atoms with van der Waals surface area (Å²) >= 11 is 1.72. The summed E-state index contributed by atoms with van der Waals surface area (Å²) in [7, 11) is 0. The Hall–Kier alpha value is -1.52. The van der Waals surface area contributed by atoms with Gasteiger partial charge in [0.2, 0.25) is 0 Å². The number of rotatable bonds is 5. The average molecular weight is 291 g/mol. The molecule has 0 aliphatic carbocycles. The monoisotopic (exact) mass is 291 g/mol. The van der Waals surface area contributed by atoms with Crippen molar-refractivity contribution in [2.24, 2.45) is 5.73 Å². The van der Waals surface area contributed by atoms with E-state index in [1.807, 2.05) is 18.2 Å². The molecule has 0 bridgehead atoms. The first-order valence-corrected chi connectivity index (χ1v) is 7.53. The van der Waals surface area contributed by atoms with E-state index in [4.69, 9.17) is 10.5 Å². The minimum Gasteiger partial charge on any atom is -0.457 e. The lowest BCUT2D eigenvalue weighted by molar-refractivity contribution is 0.468. The highest BCUT2D eigenvalue weighted by molar-refractivity contribution is 7.99. The van der Waals surface area contributed by atoms with Crippen molar-refractivity contribution in [2.45, 2.75) is 25.3 Å². The van der Waals surface area contributed by atoms with Crippen LogP contribution in [-0.2, 0) is 6.54 Å². The number of nitrogens with two attached hydrogens (primary N) is 1. The Morgan fingerprint density at radius 1 is 1.25 bits per heavy atom. The normalized spacial score (nSPS) is 10.6. The maximum atomic E-state index is 13.6. The summed E-state index contributed by atoms with van der Waals surface area (Å²) in [6, 6.07) is 10.7. The van der Waals surface area contributed by atoms with Crippen LogP contribution >= 0.6 is 11.8 Å². The highest BCUT2D eigenvalue weighted by atomic mass is 32.2. The molecule has 20 heavy (non-hydrogen) atoms. The lowest BCUT2D eigenvalue weighted by atomic mass is 10.2. The largest absolute Gasteiger partial charge is 0.457 e. The smallest absolute Gasteiger partial charge is 0.133 e. The van der Waals surface area contributed by atoms with E-state index in [0.717, 1.165) is 16.2 Å². The van der Waals surface area contributed by atoms with E-state index in [9.17, 15) is 4.39 Å². The number of halogens is 1. The Bertz CT molecular complexity index is 601. The van der Waals surface area contributed by atoms with Crippen LogP contribution in [0.2, 0.25) is 0 Å². The number of thioether (sulfide) groups is 1. The van der Waals surface area contributed by atoms with Gasteiger partial charge in [-0.2, -0.15) is 0 Å². The van der Waals surface area contributed by atoms with Gasteiger partial charge < -0.3 is 10.5 Å². The summed E-state index contributed by atoms with van der Waals surface area (Å²) in [5.41, 5.74) is 7.38. The van der Waals surface area contributed by atoms with Crippen LogP contribution < -0.4 is 10.5 Å². The summed E-state index contributed by atoms with van der Waals surface area (Å²) in [4.78, 5) is 1.11. The Morgan fingerprint density at radius 2 is 2.05 bits per heavy atom. The maximum Gasteiger partial charge on any atom is 0.133 e. The van der Waals surface area contributed by atoms with E-state index >= 15 is 0 Å². The average Bonchev–Trinajstić information content (AvgIpc) is 2.44. The van der Waals surface area contributed by atoms with Gasteiger partial charge in [0.15, 0.2) is 0 Å². The van der Waals surface area contributed by atoms with Gasteiger partial charge in [0.05, 0.1) is 0 Å². The van der Waals surface area contributed by atoms with Gasteiger partial charge in [-0.25, -0.2) is 4.39 Å². The van der Waals surface area contributed by atoms with E-state index in [1.165, 1.54) is 6.07 Å². The number of aryl methyl sites for hydroxylation is 1. The van der Waals surface area contributed by atoms with Crippen LogP contribution in [0.3, 0.4) is 0 Å². The van der Waals surface area contributed by atoms with Crippen LogP contribution in [0.5, 0.6) is 11.5 Å². The van der Waals surface area contributed by atoms with E-state index in [0.29, 0.717) is 23.6 Å². The summed E-state index contributed by atoms with van der Waals surface area (Å²) in [5.74, 6) is 1.88. The quantitative estimate of drug-likeness (QED) is 0.824. The highest BCUT2D eigenvalue weighted by Crippen LogP contribution is 2.33. The molecule has 0 aliphatic rings. The van der Waals surface area contributed by atoms with Crippen molar-refractivity contribution in [1.82, 2.24) is 0 Å². The Kier molecular flexibility index (Phi) is 5.04. The van der Waals surface area contributed by atoms with E-state index in [2.05, 4.69) is 6.92 Å². The van der Waals surface area contributed by atoms with Gasteiger partial charge in [-0.15, -0.1) is 11.8 Å². The predicted octanol–water partition coefficient (Wildman–Crippen LogP) is 4.50. The molecular weight excluding hydrogens is 273 g/mol. The Balaban J connectivity index is 2.32. The molecule has 0 aromatic heterocycles. The molecule has 2 nitrogen and oxygen atoms in total. The van der Waals surface area contributed by atoms with Gasteiger partial charge >= 0.3 is 0 Å². The zero-order valence-corrected chi connectivity index (χ0v) is 12.5. The molecule has 0 atom stereocenters. The minimum absolute atomic E-state index is 0.268. The second kappa shape index (κ2) is 6.77. The van der Waals surface area contributed by atoms with Crippen molar-refractivity contribution in [2.75, 3.05) is 5.75 Å². The van der Waals surface area contributed by atoms with Crippen LogP contribution in [0.25, 0.3) is 0 Å². The van der Waals surface area contributed by atoms with Crippen LogP contribution in [0.4, 0.5) is 4.39 Å². The third kappa shape index (κ3) is 3.32. The molecule has 4 heteroatoms. The molecule has 106 valence electrons. The fraction of sp³-hybridized carbons (Fsp3) is 0.250. The topological polar surface area (TPSA) is 35.2 Å². The van der Waals surface area contributed by atoms with Gasteiger partial charge in [-0.3, -0.25) is 0 Å². The van der Waals surface area contributed by atoms with Crippen molar-refractivity contribution >= 4 is 11.8 Å². The summed E-state index contributed by atoms with van der Waals surface area (Å²) in [6.45, 7) is 4.21. The molecule has 2 aromatic carbocycles. The molecule has 0 saturated heterocycles. The van der Waals surface area contributed by atoms with Crippen LogP contribution in [-0.4, -0.2) is 5.75 Å². The van der Waals surface area contributed by atoms with E-state index in [1.54, 1.807) is 30.8 Å². The van der Waals surface area contributed by atoms with Crippen molar-refractivity contribution in [1.29, 1.82) is 0 Å². The summed E-state index contributed by atoms with van der Waals surface area (Å²) < 4.78 is 19.3.